The van der Waals surface area contributed by atoms with Gasteiger partial charge in [-0.1, -0.05) is 29.8 Å². The van der Waals surface area contributed by atoms with Gasteiger partial charge in [0.15, 0.2) is 0 Å². The normalized spacial score (nSPS) is 15.4. The Balaban J connectivity index is 1.44. The van der Waals surface area contributed by atoms with Crippen molar-refractivity contribution in [2.45, 2.75) is 13.8 Å². The maximum Gasteiger partial charge on any atom is 0.219 e. The van der Waals surface area contributed by atoms with Gasteiger partial charge in [-0.15, -0.1) is 0 Å². The highest BCUT2D eigenvalue weighted by Crippen LogP contribution is 2.23. The van der Waals surface area contributed by atoms with Gasteiger partial charge in [-0.3, -0.25) is 4.79 Å². The molecule has 1 aliphatic rings. The Morgan fingerprint density at radius 2 is 1.93 bits per heavy atom. The zero-order valence-electron chi connectivity index (χ0n) is 15.8. The van der Waals surface area contributed by atoms with Crippen LogP contribution in [0.2, 0.25) is 5.02 Å². The number of aryl methyl sites for hydroxylation is 2. The van der Waals surface area contributed by atoms with E-state index in [9.17, 15) is 4.79 Å². The first-order chi connectivity index (χ1) is 13.0. The Bertz CT molecular complexity index is 986. The van der Waals surface area contributed by atoms with Crippen LogP contribution in [0.3, 0.4) is 0 Å². The van der Waals surface area contributed by atoms with Crippen molar-refractivity contribution in [2.75, 3.05) is 37.6 Å². The molecule has 0 atom stereocenters. The van der Waals surface area contributed by atoms with E-state index >= 15 is 0 Å². The third-order valence-electron chi connectivity index (χ3n) is 5.47. The van der Waals surface area contributed by atoms with E-state index in [0.29, 0.717) is 6.54 Å². The molecule has 2 N–H and O–H groups in total. The molecule has 27 heavy (non-hydrogen) atoms. The highest BCUT2D eigenvalue weighted by molar-refractivity contribution is 6.30. The molecule has 4 rings (SSSR count). The number of rotatable bonds is 4. The van der Waals surface area contributed by atoms with Gasteiger partial charge in [0.1, 0.15) is 6.54 Å². The molecule has 0 radical (unpaired) electrons. The molecule has 5 heteroatoms. The van der Waals surface area contributed by atoms with Gasteiger partial charge in [-0.25, -0.2) is 0 Å². The van der Waals surface area contributed by atoms with Gasteiger partial charge in [0, 0.05) is 27.3 Å². The molecule has 1 saturated heterocycles. The lowest BCUT2D eigenvalue weighted by molar-refractivity contribution is -0.892. The topological polar surface area (TPSA) is 40.5 Å². The van der Waals surface area contributed by atoms with Gasteiger partial charge in [-0.05, 0) is 43.7 Å². The third kappa shape index (κ3) is 3.73. The van der Waals surface area contributed by atoms with Crippen LogP contribution in [0, 0.1) is 13.8 Å². The Hall–Kier alpha value is -2.30. The molecule has 0 aliphatic carbocycles. The number of Topliss-reactive ketones (excluding diaryl/α,β-unsaturated/α-hetero) is 1. The quantitative estimate of drug-likeness (QED) is 0.681. The summed E-state index contributed by atoms with van der Waals surface area (Å²) in [5.41, 5.74) is 5.24. The zero-order valence-corrected chi connectivity index (χ0v) is 16.6. The first kappa shape index (κ1) is 18.1. The number of ketones is 1. The summed E-state index contributed by atoms with van der Waals surface area (Å²) in [5.74, 6) is 0.230. The number of aromatic nitrogens is 1. The molecule has 0 spiro atoms. The summed E-state index contributed by atoms with van der Waals surface area (Å²) in [4.78, 5) is 20.1. The molecule has 3 aromatic rings. The summed E-state index contributed by atoms with van der Waals surface area (Å²) >= 11 is 6.11. The van der Waals surface area contributed by atoms with Crippen LogP contribution in [0.4, 0.5) is 5.69 Å². The summed E-state index contributed by atoms with van der Waals surface area (Å²) in [5, 5.41) is 1.81. The van der Waals surface area contributed by atoms with E-state index in [1.54, 1.807) is 0 Å². The van der Waals surface area contributed by atoms with Gasteiger partial charge in [0.25, 0.3) is 0 Å². The van der Waals surface area contributed by atoms with Crippen molar-refractivity contribution in [3.8, 4) is 0 Å². The molecule has 0 bridgehead atoms. The lowest BCUT2D eigenvalue weighted by atomic mass is 10.0. The molecule has 2 heterocycles. The minimum absolute atomic E-state index is 0.230. The first-order valence-electron chi connectivity index (χ1n) is 9.47. The second-order valence-electron chi connectivity index (χ2n) is 7.49. The second-order valence-corrected chi connectivity index (χ2v) is 7.93. The number of piperazine rings is 1. The molecule has 0 amide bonds. The van der Waals surface area contributed by atoms with E-state index in [1.807, 2.05) is 25.1 Å². The van der Waals surface area contributed by atoms with Crippen molar-refractivity contribution >= 4 is 34.0 Å². The smallest absolute Gasteiger partial charge is 0.219 e. The molecular formula is C22H25ClN3O+. The predicted octanol–water partition coefficient (Wildman–Crippen LogP) is 3.03. The van der Waals surface area contributed by atoms with Gasteiger partial charge in [-0.2, -0.15) is 0 Å². The molecular weight excluding hydrogens is 358 g/mol. The number of fused-ring (bicyclic) bond motifs is 1. The summed E-state index contributed by atoms with van der Waals surface area (Å²) in [7, 11) is 0. The molecule has 1 aliphatic heterocycles. The molecule has 2 aromatic carbocycles. The maximum atomic E-state index is 13.0. The van der Waals surface area contributed by atoms with Crippen LogP contribution in [0.5, 0.6) is 0 Å². The standard InChI is InChI=1S/C22H24ClN3O/c1-15-6-7-19-20(12-15)24-16(2)22(19)21(27)14-25-8-10-26(11-9-25)18-5-3-4-17(23)13-18/h3-7,12-13,24H,8-11,14H2,1-2H3/p+1. The van der Waals surface area contributed by atoms with E-state index in [0.717, 1.165) is 59.0 Å². The average Bonchev–Trinajstić information content (AvgIpc) is 2.97. The fourth-order valence-electron chi connectivity index (χ4n) is 4.05. The Labute approximate surface area is 164 Å². The highest BCUT2D eigenvalue weighted by atomic mass is 35.5. The van der Waals surface area contributed by atoms with Crippen LogP contribution < -0.4 is 9.80 Å². The number of hydrogen-bond donors (Lipinski definition) is 2. The Kier molecular flexibility index (Phi) is 4.94. The number of benzene rings is 2. The van der Waals surface area contributed by atoms with E-state index in [-0.39, 0.29) is 5.78 Å². The minimum Gasteiger partial charge on any atom is -0.360 e. The Morgan fingerprint density at radius 1 is 1.15 bits per heavy atom. The zero-order chi connectivity index (χ0) is 19.0. The predicted molar refractivity (Wildman–Crippen MR) is 111 cm³/mol. The minimum atomic E-state index is 0.230. The largest absolute Gasteiger partial charge is 0.360 e. The Morgan fingerprint density at radius 3 is 2.67 bits per heavy atom. The summed E-state index contributed by atoms with van der Waals surface area (Å²) in [6.07, 6.45) is 0. The number of anilines is 1. The number of aromatic amines is 1. The molecule has 0 saturated carbocycles. The number of carbonyl (C=O) groups excluding carboxylic acids is 1. The monoisotopic (exact) mass is 382 g/mol. The number of halogens is 1. The SMILES string of the molecule is Cc1ccc2c(C(=O)C[NH+]3CCN(c4cccc(Cl)c4)CC3)c(C)[nH]c2c1. The van der Waals surface area contributed by atoms with Crippen molar-refractivity contribution in [1.29, 1.82) is 0 Å². The number of quaternary nitrogens is 1. The second kappa shape index (κ2) is 7.37. The number of H-pyrrole nitrogens is 1. The summed E-state index contributed by atoms with van der Waals surface area (Å²) < 4.78 is 0. The lowest BCUT2D eigenvalue weighted by Gasteiger charge is -2.33. The number of nitrogens with zero attached hydrogens (tertiary/aromatic N) is 1. The summed E-state index contributed by atoms with van der Waals surface area (Å²) in [6.45, 7) is 8.41. The van der Waals surface area contributed by atoms with Crippen LogP contribution in [-0.4, -0.2) is 43.5 Å². The lowest BCUT2D eigenvalue weighted by Crippen LogP contribution is -3.15. The van der Waals surface area contributed by atoms with Crippen LogP contribution in [0.25, 0.3) is 10.9 Å². The molecule has 0 unspecified atom stereocenters. The molecule has 1 aromatic heterocycles. The van der Waals surface area contributed by atoms with E-state index < -0.39 is 0 Å². The van der Waals surface area contributed by atoms with Gasteiger partial charge >= 0.3 is 0 Å². The van der Waals surface area contributed by atoms with Crippen molar-refractivity contribution in [3.63, 3.8) is 0 Å². The van der Waals surface area contributed by atoms with E-state index in [1.165, 1.54) is 10.5 Å². The fourth-order valence-corrected chi connectivity index (χ4v) is 4.24. The average molecular weight is 383 g/mol. The third-order valence-corrected chi connectivity index (χ3v) is 5.71. The van der Waals surface area contributed by atoms with Gasteiger partial charge < -0.3 is 14.8 Å². The number of nitrogens with one attached hydrogen (secondary N) is 2. The fraction of sp³-hybridized carbons (Fsp3) is 0.318. The van der Waals surface area contributed by atoms with Crippen molar-refractivity contribution in [3.05, 3.63) is 64.3 Å². The first-order valence-corrected chi connectivity index (χ1v) is 9.85. The van der Waals surface area contributed by atoms with Crippen LogP contribution in [-0.2, 0) is 0 Å². The van der Waals surface area contributed by atoms with Crippen molar-refractivity contribution in [2.24, 2.45) is 0 Å². The number of carbonyl (C=O) groups is 1. The molecule has 4 nitrogen and oxygen atoms in total. The molecule has 140 valence electrons. The van der Waals surface area contributed by atoms with E-state index in [2.05, 4.69) is 41.1 Å². The van der Waals surface area contributed by atoms with Gasteiger partial charge in [0.2, 0.25) is 5.78 Å². The highest BCUT2D eigenvalue weighted by Gasteiger charge is 2.25. The van der Waals surface area contributed by atoms with Crippen LogP contribution in [0.1, 0.15) is 21.6 Å². The van der Waals surface area contributed by atoms with Crippen LogP contribution >= 0.6 is 11.6 Å². The van der Waals surface area contributed by atoms with Crippen molar-refractivity contribution in [1.82, 2.24) is 4.98 Å². The summed E-state index contributed by atoms with van der Waals surface area (Å²) in [6, 6.07) is 14.2. The van der Waals surface area contributed by atoms with Crippen molar-refractivity contribution < 1.29 is 9.69 Å². The maximum absolute atomic E-state index is 13.0. The van der Waals surface area contributed by atoms with Gasteiger partial charge in [0.05, 0.1) is 31.7 Å². The number of hydrogen-bond acceptors (Lipinski definition) is 2. The van der Waals surface area contributed by atoms with E-state index in [4.69, 9.17) is 11.6 Å². The molecule has 1 fully saturated rings. The van der Waals surface area contributed by atoms with Crippen LogP contribution in [0.15, 0.2) is 42.5 Å².